The van der Waals surface area contributed by atoms with Crippen LogP contribution in [-0.4, -0.2) is 47.0 Å². The van der Waals surface area contributed by atoms with Crippen molar-refractivity contribution in [2.75, 3.05) is 18.7 Å². The number of benzene rings is 1. The minimum Gasteiger partial charge on any atom is -0.497 e. The van der Waals surface area contributed by atoms with Crippen LogP contribution in [0.4, 0.5) is 5.82 Å². The first kappa shape index (κ1) is 25.3. The first-order valence-electron chi connectivity index (χ1n) is 11.0. The third-order valence-corrected chi connectivity index (χ3v) is 6.05. The van der Waals surface area contributed by atoms with Gasteiger partial charge in [0.15, 0.2) is 5.65 Å². The van der Waals surface area contributed by atoms with Crippen molar-refractivity contribution in [2.24, 2.45) is 0 Å². The average Bonchev–Trinajstić information content (AvgIpc) is 3.34. The second kappa shape index (κ2) is 10.3. The highest BCUT2D eigenvalue weighted by molar-refractivity contribution is 7.85. The topological polar surface area (TPSA) is 106 Å². The highest BCUT2D eigenvalue weighted by Gasteiger charge is 2.25. The largest absolute Gasteiger partial charge is 0.497 e. The van der Waals surface area contributed by atoms with Gasteiger partial charge in [0, 0.05) is 22.9 Å². The molecule has 0 fully saturated rings. The molecule has 1 aliphatic carbocycles. The molecule has 4 rings (SSSR count). The quantitative estimate of drug-likeness (QED) is 0.466. The molecule has 33 heavy (non-hydrogen) atoms. The maximum absolute atomic E-state index is 9.19. The standard InChI is InChI=1S/C22H27ClN4O.CH4O3S/c1-5-14(6-2)24-21-17-8-7-9-19(17)25-22-20(13(3)26-27(21)22)16-11-10-15(28-4)12-18(16)23;1-5(2,3)4/h10-12,14,24H,5-9H2,1-4H3;1H3,(H,2,3,4). The predicted molar refractivity (Wildman–Crippen MR) is 132 cm³/mol. The Morgan fingerprint density at radius 3 is 2.52 bits per heavy atom. The SMILES string of the molecule is CCC(CC)Nc1c2c(nc3c(-c4ccc(OC)cc4Cl)c(C)nn13)CCC2.CS(=O)(=O)O. The summed E-state index contributed by atoms with van der Waals surface area (Å²) in [6.45, 7) is 6.46. The van der Waals surface area contributed by atoms with Crippen LogP contribution >= 0.6 is 11.6 Å². The molecule has 0 amide bonds. The van der Waals surface area contributed by atoms with E-state index in [1.807, 2.05) is 29.6 Å². The van der Waals surface area contributed by atoms with E-state index < -0.39 is 10.1 Å². The third-order valence-electron chi connectivity index (χ3n) is 5.74. The normalized spacial score (nSPS) is 13.1. The van der Waals surface area contributed by atoms with Crippen molar-refractivity contribution in [1.29, 1.82) is 0 Å². The first-order chi connectivity index (χ1) is 15.6. The number of hydrogen-bond acceptors (Lipinski definition) is 6. The van der Waals surface area contributed by atoms with Gasteiger partial charge in [-0.1, -0.05) is 25.4 Å². The zero-order valence-corrected chi connectivity index (χ0v) is 21.2. The van der Waals surface area contributed by atoms with E-state index >= 15 is 0 Å². The molecule has 180 valence electrons. The lowest BCUT2D eigenvalue weighted by Gasteiger charge is -2.19. The van der Waals surface area contributed by atoms with Gasteiger partial charge in [-0.25, -0.2) is 4.98 Å². The molecule has 10 heteroatoms. The van der Waals surface area contributed by atoms with Gasteiger partial charge in [0.2, 0.25) is 0 Å². The fourth-order valence-electron chi connectivity index (χ4n) is 4.11. The van der Waals surface area contributed by atoms with Crippen LogP contribution in [0.2, 0.25) is 5.02 Å². The number of nitrogens with one attached hydrogen (secondary N) is 1. The molecular formula is C23H31ClN4O4S. The maximum Gasteiger partial charge on any atom is 0.261 e. The smallest absolute Gasteiger partial charge is 0.261 e. The second-order valence-electron chi connectivity index (χ2n) is 8.17. The lowest BCUT2D eigenvalue weighted by Crippen LogP contribution is -2.21. The number of aryl methyl sites for hydroxylation is 2. The minimum atomic E-state index is -3.67. The minimum absolute atomic E-state index is 0.424. The molecule has 2 N–H and O–H groups in total. The lowest BCUT2D eigenvalue weighted by molar-refractivity contribution is 0.415. The molecule has 8 nitrogen and oxygen atoms in total. The molecule has 0 spiro atoms. The van der Waals surface area contributed by atoms with E-state index in [-0.39, 0.29) is 0 Å². The molecule has 0 aliphatic heterocycles. The van der Waals surface area contributed by atoms with Crippen LogP contribution < -0.4 is 10.1 Å². The van der Waals surface area contributed by atoms with Crippen LogP contribution in [0.3, 0.4) is 0 Å². The van der Waals surface area contributed by atoms with Gasteiger partial charge < -0.3 is 10.1 Å². The molecule has 0 radical (unpaired) electrons. The number of hydrogen-bond donors (Lipinski definition) is 2. The van der Waals surface area contributed by atoms with Gasteiger partial charge in [-0.2, -0.15) is 18.0 Å². The highest BCUT2D eigenvalue weighted by atomic mass is 35.5. The van der Waals surface area contributed by atoms with Crippen LogP contribution in [0.25, 0.3) is 16.8 Å². The summed E-state index contributed by atoms with van der Waals surface area (Å²) in [7, 11) is -2.02. The van der Waals surface area contributed by atoms with Gasteiger partial charge in [0.1, 0.15) is 11.6 Å². The summed E-state index contributed by atoms with van der Waals surface area (Å²) in [4.78, 5) is 5.03. The summed E-state index contributed by atoms with van der Waals surface area (Å²) in [5.74, 6) is 1.85. The van der Waals surface area contributed by atoms with Crippen molar-refractivity contribution in [3.05, 3.63) is 40.2 Å². The summed E-state index contributed by atoms with van der Waals surface area (Å²) in [5, 5.41) is 9.28. The molecule has 2 heterocycles. The van der Waals surface area contributed by atoms with Gasteiger partial charge in [-0.3, -0.25) is 4.55 Å². The molecule has 0 saturated carbocycles. The molecule has 2 aromatic heterocycles. The molecule has 1 aromatic carbocycles. The van der Waals surface area contributed by atoms with Crippen molar-refractivity contribution in [2.45, 2.75) is 58.9 Å². The summed E-state index contributed by atoms with van der Waals surface area (Å²) < 4.78 is 33.2. The van der Waals surface area contributed by atoms with E-state index in [1.54, 1.807) is 7.11 Å². The van der Waals surface area contributed by atoms with Crippen LogP contribution in [-0.2, 0) is 23.0 Å². The van der Waals surface area contributed by atoms with Crippen LogP contribution in [0.15, 0.2) is 18.2 Å². The van der Waals surface area contributed by atoms with Gasteiger partial charge in [0.25, 0.3) is 10.1 Å². The summed E-state index contributed by atoms with van der Waals surface area (Å²) in [5.41, 5.74) is 6.24. The summed E-state index contributed by atoms with van der Waals surface area (Å²) >= 11 is 6.60. The average molecular weight is 495 g/mol. The van der Waals surface area contributed by atoms with Crippen molar-refractivity contribution in [1.82, 2.24) is 14.6 Å². The summed E-state index contributed by atoms with van der Waals surface area (Å²) in [6, 6.07) is 6.19. The van der Waals surface area contributed by atoms with E-state index in [0.29, 0.717) is 17.3 Å². The Morgan fingerprint density at radius 1 is 1.27 bits per heavy atom. The summed E-state index contributed by atoms with van der Waals surface area (Å²) in [6.07, 6.45) is 6.08. The Morgan fingerprint density at radius 2 is 1.94 bits per heavy atom. The Hall–Kier alpha value is -2.36. The second-order valence-corrected chi connectivity index (χ2v) is 10.0. The van der Waals surface area contributed by atoms with E-state index in [0.717, 1.165) is 66.1 Å². The van der Waals surface area contributed by atoms with Crippen molar-refractivity contribution in [3.63, 3.8) is 0 Å². The fraction of sp³-hybridized carbons (Fsp3) is 0.478. The number of aromatic nitrogens is 3. The number of methoxy groups -OCH3 is 1. The third kappa shape index (κ3) is 5.77. The zero-order valence-electron chi connectivity index (χ0n) is 19.6. The van der Waals surface area contributed by atoms with Gasteiger partial charge in [-0.15, -0.1) is 0 Å². The number of rotatable bonds is 6. The number of ether oxygens (including phenoxy) is 1. The molecule has 0 bridgehead atoms. The molecule has 3 aromatic rings. The van der Waals surface area contributed by atoms with E-state index in [1.165, 1.54) is 11.3 Å². The predicted octanol–water partition coefficient (Wildman–Crippen LogP) is 4.96. The van der Waals surface area contributed by atoms with Crippen molar-refractivity contribution in [3.8, 4) is 16.9 Å². The lowest BCUT2D eigenvalue weighted by atomic mass is 10.1. The first-order valence-corrected chi connectivity index (χ1v) is 13.2. The van der Waals surface area contributed by atoms with Crippen LogP contribution in [0, 0.1) is 6.92 Å². The van der Waals surface area contributed by atoms with Crippen LogP contribution in [0.1, 0.15) is 50.1 Å². The number of anilines is 1. The zero-order chi connectivity index (χ0) is 24.3. The van der Waals surface area contributed by atoms with Gasteiger partial charge in [0.05, 0.1) is 29.6 Å². The Bertz CT molecular complexity index is 1250. The van der Waals surface area contributed by atoms with E-state index in [4.69, 9.17) is 31.0 Å². The Kier molecular flexibility index (Phi) is 7.87. The Balaban J connectivity index is 0.000000555. The molecule has 0 unspecified atom stereocenters. The van der Waals surface area contributed by atoms with Crippen molar-refractivity contribution < 1.29 is 17.7 Å². The Labute approximate surface area is 200 Å². The molecule has 1 aliphatic rings. The van der Waals surface area contributed by atoms with E-state index in [9.17, 15) is 8.42 Å². The van der Waals surface area contributed by atoms with E-state index in [2.05, 4.69) is 19.2 Å². The number of nitrogens with zero attached hydrogens (tertiary/aromatic N) is 3. The van der Waals surface area contributed by atoms with Gasteiger partial charge >= 0.3 is 0 Å². The van der Waals surface area contributed by atoms with Crippen LogP contribution in [0.5, 0.6) is 5.75 Å². The highest BCUT2D eigenvalue weighted by Crippen LogP contribution is 2.38. The van der Waals surface area contributed by atoms with Gasteiger partial charge in [-0.05, 0) is 57.2 Å². The fourth-order valence-corrected chi connectivity index (χ4v) is 4.38. The molecule has 0 saturated heterocycles. The monoisotopic (exact) mass is 494 g/mol. The maximum atomic E-state index is 9.19. The number of fused-ring (bicyclic) bond motifs is 2. The molecular weight excluding hydrogens is 464 g/mol. The number of halogens is 1. The van der Waals surface area contributed by atoms with Crippen molar-refractivity contribution >= 4 is 33.2 Å². The molecule has 0 atom stereocenters.